The summed E-state index contributed by atoms with van der Waals surface area (Å²) in [5.74, 6) is 1.67. The van der Waals surface area contributed by atoms with E-state index < -0.39 is 0 Å². The van der Waals surface area contributed by atoms with Gasteiger partial charge in [-0.1, -0.05) is 17.7 Å². The van der Waals surface area contributed by atoms with Crippen LogP contribution in [0.2, 0.25) is 0 Å². The highest BCUT2D eigenvalue weighted by Crippen LogP contribution is 2.16. The van der Waals surface area contributed by atoms with Crippen LogP contribution in [0.1, 0.15) is 21.1 Å². The van der Waals surface area contributed by atoms with Crippen LogP contribution in [0.5, 0.6) is 5.75 Å². The second kappa shape index (κ2) is 9.27. The molecule has 0 aliphatic rings. The van der Waals surface area contributed by atoms with Crippen LogP contribution < -0.4 is 15.4 Å². The first-order valence-electron chi connectivity index (χ1n) is 8.15. The van der Waals surface area contributed by atoms with Gasteiger partial charge in [-0.3, -0.25) is 4.99 Å². The monoisotopic (exact) mass is 346 g/mol. The van der Waals surface area contributed by atoms with Gasteiger partial charge in [0.2, 0.25) is 0 Å². The molecule has 0 radical (unpaired) electrons. The lowest BCUT2D eigenvalue weighted by Crippen LogP contribution is -2.40. The van der Waals surface area contributed by atoms with Crippen molar-refractivity contribution in [3.8, 4) is 5.75 Å². The molecule has 130 valence electrons. The van der Waals surface area contributed by atoms with Gasteiger partial charge in [0.05, 0.1) is 17.2 Å². The third kappa shape index (κ3) is 5.85. The van der Waals surface area contributed by atoms with Crippen molar-refractivity contribution in [3.63, 3.8) is 0 Å². The Labute approximate surface area is 148 Å². The number of nitrogens with one attached hydrogen (secondary N) is 2. The van der Waals surface area contributed by atoms with E-state index in [1.165, 1.54) is 10.4 Å². The summed E-state index contributed by atoms with van der Waals surface area (Å²) in [5, 5.41) is 7.72. The molecule has 1 aromatic carbocycles. The van der Waals surface area contributed by atoms with Gasteiger partial charge in [0, 0.05) is 24.9 Å². The first-order valence-corrected chi connectivity index (χ1v) is 8.97. The number of rotatable bonds is 7. The van der Waals surface area contributed by atoms with Crippen molar-refractivity contribution >= 4 is 17.3 Å². The van der Waals surface area contributed by atoms with Crippen LogP contribution in [-0.4, -0.2) is 37.7 Å². The molecule has 6 heteroatoms. The van der Waals surface area contributed by atoms with E-state index in [4.69, 9.17) is 4.74 Å². The van der Waals surface area contributed by atoms with Crippen molar-refractivity contribution in [1.29, 1.82) is 0 Å². The standard InChI is InChI=1S/C18H26N4OS/c1-13-5-7-16(8-6-13)23-12-11-21-18(19-4)20-10-9-17-22-14(2)15(3)24-17/h5-8H,9-12H2,1-4H3,(H2,19,20,21). The lowest BCUT2D eigenvalue weighted by atomic mass is 10.2. The van der Waals surface area contributed by atoms with Gasteiger partial charge >= 0.3 is 0 Å². The van der Waals surface area contributed by atoms with E-state index >= 15 is 0 Å². The lowest BCUT2D eigenvalue weighted by molar-refractivity contribution is 0.322. The summed E-state index contributed by atoms with van der Waals surface area (Å²) in [6.07, 6.45) is 0.903. The number of nitrogens with zero attached hydrogens (tertiary/aromatic N) is 2. The third-order valence-electron chi connectivity index (χ3n) is 3.61. The normalized spacial score (nSPS) is 11.4. The summed E-state index contributed by atoms with van der Waals surface area (Å²) in [6, 6.07) is 8.07. The zero-order valence-electron chi connectivity index (χ0n) is 14.8. The third-order valence-corrected chi connectivity index (χ3v) is 4.74. The Morgan fingerprint density at radius 3 is 2.46 bits per heavy atom. The van der Waals surface area contributed by atoms with Gasteiger partial charge in [-0.2, -0.15) is 0 Å². The molecule has 5 nitrogen and oxygen atoms in total. The number of aromatic nitrogens is 1. The Bertz CT molecular complexity index is 645. The minimum Gasteiger partial charge on any atom is -0.492 e. The Balaban J connectivity index is 1.64. The number of benzene rings is 1. The van der Waals surface area contributed by atoms with Gasteiger partial charge in [0.25, 0.3) is 0 Å². The van der Waals surface area contributed by atoms with Crippen LogP contribution in [0.4, 0.5) is 0 Å². The number of guanidine groups is 1. The van der Waals surface area contributed by atoms with Crippen molar-refractivity contribution in [3.05, 3.63) is 45.4 Å². The smallest absolute Gasteiger partial charge is 0.191 e. The van der Waals surface area contributed by atoms with E-state index in [-0.39, 0.29) is 0 Å². The number of aliphatic imine (C=N–C) groups is 1. The van der Waals surface area contributed by atoms with Crippen LogP contribution in [0.15, 0.2) is 29.3 Å². The van der Waals surface area contributed by atoms with Crippen molar-refractivity contribution in [2.24, 2.45) is 4.99 Å². The van der Waals surface area contributed by atoms with E-state index in [0.29, 0.717) is 13.2 Å². The molecule has 1 aromatic heterocycles. The largest absolute Gasteiger partial charge is 0.492 e. The number of ether oxygens (including phenoxy) is 1. The summed E-state index contributed by atoms with van der Waals surface area (Å²) < 4.78 is 5.69. The lowest BCUT2D eigenvalue weighted by Gasteiger charge is -2.12. The Kier molecular flexibility index (Phi) is 7.06. The molecule has 2 rings (SSSR count). The first kappa shape index (κ1) is 18.3. The van der Waals surface area contributed by atoms with Gasteiger partial charge in [0.15, 0.2) is 5.96 Å². The topological polar surface area (TPSA) is 58.5 Å². The molecule has 0 aliphatic heterocycles. The van der Waals surface area contributed by atoms with Crippen LogP contribution in [0.25, 0.3) is 0 Å². The van der Waals surface area contributed by atoms with Crippen molar-refractivity contribution in [2.45, 2.75) is 27.2 Å². The molecule has 0 aliphatic carbocycles. The molecule has 2 N–H and O–H groups in total. The van der Waals surface area contributed by atoms with Gasteiger partial charge < -0.3 is 15.4 Å². The van der Waals surface area contributed by atoms with Gasteiger partial charge in [-0.25, -0.2) is 4.98 Å². The quantitative estimate of drug-likeness (QED) is 0.460. The van der Waals surface area contributed by atoms with Crippen LogP contribution >= 0.6 is 11.3 Å². The van der Waals surface area contributed by atoms with E-state index in [0.717, 1.165) is 35.4 Å². The van der Waals surface area contributed by atoms with Crippen LogP contribution in [0, 0.1) is 20.8 Å². The first-order chi connectivity index (χ1) is 11.6. The fraction of sp³-hybridized carbons (Fsp3) is 0.444. The van der Waals surface area contributed by atoms with Crippen molar-refractivity contribution in [1.82, 2.24) is 15.6 Å². The van der Waals surface area contributed by atoms with Gasteiger partial charge in [-0.15, -0.1) is 11.3 Å². The van der Waals surface area contributed by atoms with E-state index in [2.05, 4.69) is 41.4 Å². The number of thiazole rings is 1. The highest BCUT2D eigenvalue weighted by Gasteiger charge is 2.04. The fourth-order valence-corrected chi connectivity index (χ4v) is 3.06. The summed E-state index contributed by atoms with van der Waals surface area (Å²) in [5.41, 5.74) is 2.36. The average molecular weight is 347 g/mol. The Morgan fingerprint density at radius 2 is 1.83 bits per heavy atom. The minimum atomic E-state index is 0.592. The molecule has 0 atom stereocenters. The maximum absolute atomic E-state index is 5.69. The van der Waals surface area contributed by atoms with Crippen molar-refractivity contribution in [2.75, 3.05) is 26.7 Å². The number of hydrogen-bond acceptors (Lipinski definition) is 4. The second-order valence-electron chi connectivity index (χ2n) is 5.59. The molecular formula is C18H26N4OS. The van der Waals surface area contributed by atoms with Gasteiger partial charge in [-0.05, 0) is 32.9 Å². The SMILES string of the molecule is CN=C(NCCOc1ccc(C)cc1)NCCc1nc(C)c(C)s1. The predicted octanol–water partition coefficient (Wildman–Crippen LogP) is 2.85. The molecule has 0 bridgehead atoms. The molecule has 0 fully saturated rings. The summed E-state index contributed by atoms with van der Waals surface area (Å²) >= 11 is 1.76. The van der Waals surface area contributed by atoms with Gasteiger partial charge in [0.1, 0.15) is 12.4 Å². The number of hydrogen-bond donors (Lipinski definition) is 2. The highest BCUT2D eigenvalue weighted by molar-refractivity contribution is 7.11. The molecule has 0 saturated carbocycles. The average Bonchev–Trinajstić information content (AvgIpc) is 2.89. The molecule has 0 saturated heterocycles. The fourth-order valence-electron chi connectivity index (χ4n) is 2.13. The molecule has 0 spiro atoms. The molecular weight excluding hydrogens is 320 g/mol. The molecule has 1 heterocycles. The number of aryl methyl sites for hydroxylation is 3. The zero-order valence-corrected chi connectivity index (χ0v) is 15.7. The minimum absolute atomic E-state index is 0.592. The maximum atomic E-state index is 5.69. The van der Waals surface area contributed by atoms with Crippen LogP contribution in [0.3, 0.4) is 0 Å². The Hall–Kier alpha value is -2.08. The summed E-state index contributed by atoms with van der Waals surface area (Å²) in [4.78, 5) is 10.1. The second-order valence-corrected chi connectivity index (χ2v) is 6.87. The molecule has 0 amide bonds. The summed E-state index contributed by atoms with van der Waals surface area (Å²) in [6.45, 7) is 8.33. The maximum Gasteiger partial charge on any atom is 0.191 e. The zero-order chi connectivity index (χ0) is 17.4. The Morgan fingerprint density at radius 1 is 1.12 bits per heavy atom. The van der Waals surface area contributed by atoms with Crippen molar-refractivity contribution < 1.29 is 4.74 Å². The van der Waals surface area contributed by atoms with E-state index in [9.17, 15) is 0 Å². The summed E-state index contributed by atoms with van der Waals surface area (Å²) in [7, 11) is 1.77. The van der Waals surface area contributed by atoms with E-state index in [1.54, 1.807) is 18.4 Å². The molecule has 2 aromatic rings. The predicted molar refractivity (Wildman–Crippen MR) is 101 cm³/mol. The molecule has 0 unspecified atom stereocenters. The van der Waals surface area contributed by atoms with E-state index in [1.807, 2.05) is 24.3 Å². The van der Waals surface area contributed by atoms with Crippen LogP contribution in [-0.2, 0) is 6.42 Å². The highest BCUT2D eigenvalue weighted by atomic mass is 32.1. The molecule has 24 heavy (non-hydrogen) atoms.